The molecule has 0 spiro atoms. The highest BCUT2D eigenvalue weighted by Crippen LogP contribution is 2.49. The van der Waals surface area contributed by atoms with Gasteiger partial charge in [-0.15, -0.1) is 0 Å². The van der Waals surface area contributed by atoms with Crippen molar-refractivity contribution >= 4 is 28.4 Å². The van der Waals surface area contributed by atoms with Crippen molar-refractivity contribution in [3.63, 3.8) is 0 Å². The molecular formula is C21H18F2N4O2. The first-order valence-electron chi connectivity index (χ1n) is 9.23. The molecule has 1 aliphatic rings. The molecule has 148 valence electrons. The Bertz CT molecular complexity index is 1150. The number of nitrogens with zero attached hydrogens (tertiary/aromatic N) is 3. The van der Waals surface area contributed by atoms with E-state index in [-0.39, 0.29) is 11.6 Å². The predicted molar refractivity (Wildman–Crippen MR) is 104 cm³/mol. The van der Waals surface area contributed by atoms with Gasteiger partial charge < -0.3 is 5.32 Å². The van der Waals surface area contributed by atoms with E-state index in [1.54, 1.807) is 31.5 Å². The van der Waals surface area contributed by atoms with Crippen LogP contribution in [0, 0.1) is 12.8 Å². The van der Waals surface area contributed by atoms with E-state index in [4.69, 9.17) is 0 Å². The van der Waals surface area contributed by atoms with Crippen molar-refractivity contribution in [1.29, 1.82) is 0 Å². The van der Waals surface area contributed by atoms with Gasteiger partial charge >= 0.3 is 0 Å². The predicted octanol–water partition coefficient (Wildman–Crippen LogP) is 4.19. The lowest BCUT2D eigenvalue weighted by molar-refractivity contribution is -0.119. The van der Waals surface area contributed by atoms with Gasteiger partial charge in [0, 0.05) is 54.0 Å². The summed E-state index contributed by atoms with van der Waals surface area (Å²) in [4.78, 5) is 36.4. The number of aromatic nitrogens is 3. The fourth-order valence-corrected chi connectivity index (χ4v) is 3.14. The van der Waals surface area contributed by atoms with Crippen LogP contribution in [0.2, 0.25) is 0 Å². The lowest BCUT2D eigenvalue weighted by Gasteiger charge is -2.09. The molecule has 1 amide bonds. The average molecular weight is 396 g/mol. The first-order valence-corrected chi connectivity index (χ1v) is 9.23. The van der Waals surface area contributed by atoms with Crippen molar-refractivity contribution in [3.8, 4) is 11.1 Å². The van der Waals surface area contributed by atoms with Crippen LogP contribution in [-0.2, 0) is 4.79 Å². The summed E-state index contributed by atoms with van der Waals surface area (Å²) in [5.41, 5.74) is 3.57. The maximum atomic E-state index is 13.0. The van der Waals surface area contributed by atoms with Crippen LogP contribution in [0.15, 0.2) is 36.8 Å². The number of hydrogen-bond acceptors (Lipinski definition) is 5. The Labute approximate surface area is 165 Å². The van der Waals surface area contributed by atoms with Crippen molar-refractivity contribution in [2.45, 2.75) is 32.6 Å². The zero-order chi connectivity index (χ0) is 20.8. The Balaban J connectivity index is 1.59. The number of fused-ring (bicyclic) bond motifs is 1. The molecular weight excluding hydrogens is 378 g/mol. The second-order valence-electron chi connectivity index (χ2n) is 7.15. The molecule has 8 heteroatoms. The third-order valence-electron chi connectivity index (χ3n) is 4.99. The number of aryl methyl sites for hydroxylation is 1. The second kappa shape index (κ2) is 6.95. The first-order chi connectivity index (χ1) is 13.8. The topological polar surface area (TPSA) is 84.8 Å². The zero-order valence-electron chi connectivity index (χ0n) is 15.9. The minimum atomic E-state index is -2.92. The van der Waals surface area contributed by atoms with Gasteiger partial charge in [-0.1, -0.05) is 6.92 Å². The van der Waals surface area contributed by atoms with Gasteiger partial charge in [-0.3, -0.25) is 19.6 Å². The zero-order valence-corrected chi connectivity index (χ0v) is 15.9. The number of Topliss-reactive ketones (excluding diaryl/α,β-unsaturated/α-hetero) is 1. The average Bonchev–Trinajstić information content (AvgIpc) is 3.35. The van der Waals surface area contributed by atoms with E-state index in [2.05, 4.69) is 20.3 Å². The molecule has 0 bridgehead atoms. The van der Waals surface area contributed by atoms with Gasteiger partial charge in [0.25, 0.3) is 5.92 Å². The van der Waals surface area contributed by atoms with Crippen LogP contribution in [0.25, 0.3) is 22.0 Å². The van der Waals surface area contributed by atoms with Crippen LogP contribution in [0.5, 0.6) is 0 Å². The number of anilines is 1. The smallest absolute Gasteiger partial charge is 0.260 e. The highest BCUT2D eigenvalue weighted by atomic mass is 19.3. The minimum absolute atomic E-state index is 0.0148. The normalized spacial score (nSPS) is 17.2. The van der Waals surface area contributed by atoms with Gasteiger partial charge in [-0.2, -0.15) is 0 Å². The molecule has 1 fully saturated rings. The maximum Gasteiger partial charge on any atom is 0.260 e. The molecule has 1 atom stereocenters. The first kappa shape index (κ1) is 19.0. The third-order valence-corrected chi connectivity index (χ3v) is 4.99. The lowest BCUT2D eigenvalue weighted by Crippen LogP contribution is -2.18. The number of carbonyl (C=O) groups excluding carboxylic acids is 2. The van der Waals surface area contributed by atoms with Gasteiger partial charge in [-0.25, -0.2) is 13.8 Å². The molecule has 1 aliphatic carbocycles. The third kappa shape index (κ3) is 3.70. The summed E-state index contributed by atoms with van der Waals surface area (Å²) in [6, 6.07) is 5.18. The highest BCUT2D eigenvalue weighted by Gasteiger charge is 2.61. The standard InChI is InChI=1S/C21H18F2N4O2/c1-3-18(28)17-4-11(2)14(10-25-17)12-5-13-9-26-19(6-16(13)24-8-12)27-20(29)15-7-21(15,22)23/h4-6,8-10,15H,3,7H2,1-2H3,(H,26,27,29)/t15-/m1/s1. The van der Waals surface area contributed by atoms with Crippen molar-refractivity contribution in [2.24, 2.45) is 5.92 Å². The summed E-state index contributed by atoms with van der Waals surface area (Å²) in [5.74, 6) is -4.77. The SMILES string of the molecule is CCC(=O)c1cc(C)c(-c2cnc3cc(NC(=O)[C@H]4CC4(F)F)ncc3c2)cn1. The Morgan fingerprint density at radius 1 is 1.14 bits per heavy atom. The molecule has 0 saturated heterocycles. The summed E-state index contributed by atoms with van der Waals surface area (Å²) in [6.07, 6.45) is 4.81. The molecule has 29 heavy (non-hydrogen) atoms. The molecule has 0 radical (unpaired) electrons. The van der Waals surface area contributed by atoms with Gasteiger partial charge in [0.1, 0.15) is 17.4 Å². The van der Waals surface area contributed by atoms with E-state index in [1.807, 2.05) is 13.0 Å². The fourth-order valence-electron chi connectivity index (χ4n) is 3.14. The second-order valence-corrected chi connectivity index (χ2v) is 7.15. The van der Waals surface area contributed by atoms with Crippen LogP contribution < -0.4 is 5.32 Å². The quantitative estimate of drug-likeness (QED) is 0.654. The fraction of sp³-hybridized carbons (Fsp3) is 0.286. The van der Waals surface area contributed by atoms with E-state index in [1.165, 1.54) is 6.20 Å². The molecule has 3 heterocycles. The van der Waals surface area contributed by atoms with E-state index in [9.17, 15) is 18.4 Å². The summed E-state index contributed by atoms with van der Waals surface area (Å²) in [7, 11) is 0. The molecule has 3 aromatic rings. The monoisotopic (exact) mass is 396 g/mol. The van der Waals surface area contributed by atoms with Crippen molar-refractivity contribution in [3.05, 3.63) is 48.0 Å². The Morgan fingerprint density at radius 2 is 1.90 bits per heavy atom. The van der Waals surface area contributed by atoms with Gasteiger partial charge in [-0.05, 0) is 24.6 Å². The van der Waals surface area contributed by atoms with Crippen LogP contribution >= 0.6 is 0 Å². The Hall–Kier alpha value is -3.29. The largest absolute Gasteiger partial charge is 0.310 e. The number of nitrogens with one attached hydrogen (secondary N) is 1. The van der Waals surface area contributed by atoms with E-state index in [0.29, 0.717) is 17.6 Å². The van der Waals surface area contributed by atoms with Crippen LogP contribution in [0.1, 0.15) is 35.8 Å². The highest BCUT2D eigenvalue weighted by molar-refractivity contribution is 5.96. The molecule has 4 rings (SSSR count). The van der Waals surface area contributed by atoms with Gasteiger partial charge in [0.05, 0.1) is 5.52 Å². The number of rotatable bonds is 5. The number of amides is 1. The molecule has 0 unspecified atom stereocenters. The number of carbonyl (C=O) groups is 2. The number of hydrogen-bond donors (Lipinski definition) is 1. The minimum Gasteiger partial charge on any atom is -0.310 e. The Morgan fingerprint density at radius 3 is 2.55 bits per heavy atom. The molecule has 3 aromatic heterocycles. The lowest BCUT2D eigenvalue weighted by atomic mass is 10.0. The summed E-state index contributed by atoms with van der Waals surface area (Å²) in [6.45, 7) is 3.69. The van der Waals surface area contributed by atoms with Crippen molar-refractivity contribution < 1.29 is 18.4 Å². The molecule has 1 saturated carbocycles. The molecule has 0 aromatic carbocycles. The van der Waals surface area contributed by atoms with Crippen molar-refractivity contribution in [2.75, 3.05) is 5.32 Å². The van der Waals surface area contributed by atoms with Crippen LogP contribution in [-0.4, -0.2) is 32.6 Å². The maximum absolute atomic E-state index is 13.0. The van der Waals surface area contributed by atoms with Gasteiger partial charge in [0.15, 0.2) is 5.78 Å². The van der Waals surface area contributed by atoms with E-state index in [0.717, 1.165) is 22.1 Å². The molecule has 1 N–H and O–H groups in total. The number of halogens is 2. The van der Waals surface area contributed by atoms with E-state index >= 15 is 0 Å². The summed E-state index contributed by atoms with van der Waals surface area (Å²) < 4.78 is 26.0. The number of ketones is 1. The van der Waals surface area contributed by atoms with E-state index < -0.39 is 24.2 Å². The number of pyridine rings is 3. The summed E-state index contributed by atoms with van der Waals surface area (Å²) in [5, 5.41) is 3.14. The van der Waals surface area contributed by atoms with Crippen molar-refractivity contribution in [1.82, 2.24) is 15.0 Å². The summed E-state index contributed by atoms with van der Waals surface area (Å²) >= 11 is 0. The van der Waals surface area contributed by atoms with Crippen LogP contribution in [0.4, 0.5) is 14.6 Å². The van der Waals surface area contributed by atoms with Gasteiger partial charge in [0.2, 0.25) is 5.91 Å². The number of alkyl halides is 2. The molecule has 6 nitrogen and oxygen atoms in total. The Kier molecular flexibility index (Phi) is 4.56. The van der Waals surface area contributed by atoms with Crippen LogP contribution in [0.3, 0.4) is 0 Å². The molecule has 0 aliphatic heterocycles.